The number of carbonyl (C=O) groups excluding carboxylic acids is 1. The second-order valence-electron chi connectivity index (χ2n) is 5.56. The molecule has 0 bridgehead atoms. The first kappa shape index (κ1) is 18.0. The number of benzene rings is 2. The summed E-state index contributed by atoms with van der Waals surface area (Å²) in [6.45, 7) is 2.60. The number of hydrogen-bond acceptors (Lipinski definition) is 4. The predicted molar refractivity (Wildman–Crippen MR) is 102 cm³/mol. The lowest BCUT2D eigenvalue weighted by Gasteiger charge is -2.13. The minimum atomic E-state index is -0.369. The third-order valence-corrected chi connectivity index (χ3v) is 4.28. The number of nitrogens with zero attached hydrogens (tertiary/aromatic N) is 1. The first-order chi connectivity index (χ1) is 12.6. The monoisotopic (exact) mass is 370 g/mol. The van der Waals surface area contributed by atoms with Gasteiger partial charge in [-0.1, -0.05) is 41.9 Å². The Labute approximate surface area is 156 Å². The highest BCUT2D eigenvalue weighted by molar-refractivity contribution is 6.33. The number of aromatic nitrogens is 1. The molecule has 0 radical (unpaired) electrons. The van der Waals surface area contributed by atoms with Crippen molar-refractivity contribution >= 4 is 28.3 Å². The maximum atomic E-state index is 12.6. The Hall–Kier alpha value is -2.79. The largest absolute Gasteiger partial charge is 0.496 e. The molecule has 26 heavy (non-hydrogen) atoms. The van der Waals surface area contributed by atoms with Crippen molar-refractivity contribution < 1.29 is 14.3 Å². The van der Waals surface area contributed by atoms with Crippen molar-refractivity contribution in [3.05, 3.63) is 64.8 Å². The van der Waals surface area contributed by atoms with Crippen LogP contribution in [0.1, 0.15) is 23.0 Å². The van der Waals surface area contributed by atoms with Gasteiger partial charge in [0.2, 0.25) is 5.88 Å². The molecule has 1 aromatic heterocycles. The van der Waals surface area contributed by atoms with Crippen molar-refractivity contribution in [2.45, 2.75) is 13.5 Å². The molecule has 0 saturated carbocycles. The zero-order valence-corrected chi connectivity index (χ0v) is 15.3. The van der Waals surface area contributed by atoms with E-state index in [1.807, 2.05) is 43.3 Å². The van der Waals surface area contributed by atoms with Crippen LogP contribution in [0.4, 0.5) is 0 Å². The molecule has 1 N–H and O–H groups in total. The number of pyridine rings is 1. The molecule has 0 aliphatic heterocycles. The van der Waals surface area contributed by atoms with Crippen LogP contribution in [0, 0.1) is 0 Å². The Morgan fingerprint density at radius 1 is 1.15 bits per heavy atom. The van der Waals surface area contributed by atoms with Crippen molar-refractivity contribution in [1.82, 2.24) is 10.3 Å². The molecule has 5 nitrogen and oxygen atoms in total. The average Bonchev–Trinajstić information content (AvgIpc) is 2.67. The van der Waals surface area contributed by atoms with Gasteiger partial charge in [0, 0.05) is 18.2 Å². The summed E-state index contributed by atoms with van der Waals surface area (Å²) < 4.78 is 10.8. The lowest BCUT2D eigenvalue weighted by atomic mass is 10.0. The Morgan fingerprint density at radius 2 is 1.96 bits per heavy atom. The Morgan fingerprint density at radius 3 is 2.73 bits per heavy atom. The van der Waals surface area contributed by atoms with Crippen molar-refractivity contribution in [3.8, 4) is 11.6 Å². The van der Waals surface area contributed by atoms with E-state index in [4.69, 9.17) is 21.1 Å². The smallest absolute Gasteiger partial charge is 0.271 e. The molecular weight excluding hydrogens is 352 g/mol. The van der Waals surface area contributed by atoms with Crippen LogP contribution >= 0.6 is 11.6 Å². The number of hydrogen-bond donors (Lipinski definition) is 1. The van der Waals surface area contributed by atoms with E-state index < -0.39 is 0 Å². The number of nitrogens with one attached hydrogen (secondary N) is 1. The predicted octanol–water partition coefficient (Wildman–Crippen LogP) is 4.23. The second kappa shape index (κ2) is 8.06. The lowest BCUT2D eigenvalue weighted by molar-refractivity contribution is 0.0945. The summed E-state index contributed by atoms with van der Waals surface area (Å²) >= 11 is 6.12. The number of halogens is 1. The highest BCUT2D eigenvalue weighted by Gasteiger charge is 2.15. The maximum absolute atomic E-state index is 12.6. The van der Waals surface area contributed by atoms with Crippen LogP contribution in [0.15, 0.2) is 48.5 Å². The summed E-state index contributed by atoms with van der Waals surface area (Å²) in [7, 11) is 1.61. The molecule has 2 aromatic carbocycles. The van der Waals surface area contributed by atoms with E-state index in [0.29, 0.717) is 24.8 Å². The Kier molecular flexibility index (Phi) is 5.58. The van der Waals surface area contributed by atoms with Gasteiger partial charge < -0.3 is 14.8 Å². The van der Waals surface area contributed by atoms with Gasteiger partial charge in [-0.25, -0.2) is 4.98 Å². The van der Waals surface area contributed by atoms with Crippen LogP contribution < -0.4 is 14.8 Å². The zero-order chi connectivity index (χ0) is 18.5. The minimum Gasteiger partial charge on any atom is -0.496 e. The fourth-order valence-electron chi connectivity index (χ4n) is 2.75. The molecule has 3 rings (SSSR count). The van der Waals surface area contributed by atoms with Gasteiger partial charge in [0.25, 0.3) is 5.91 Å². The van der Waals surface area contributed by atoms with Crippen molar-refractivity contribution in [2.24, 2.45) is 0 Å². The average molecular weight is 371 g/mol. The van der Waals surface area contributed by atoms with Gasteiger partial charge in [-0.3, -0.25) is 4.79 Å². The van der Waals surface area contributed by atoms with Crippen molar-refractivity contribution in [2.75, 3.05) is 13.7 Å². The summed E-state index contributed by atoms with van der Waals surface area (Å²) in [5.74, 6) is 0.711. The third kappa shape index (κ3) is 3.73. The van der Waals surface area contributed by atoms with E-state index in [1.165, 1.54) is 0 Å². The first-order valence-corrected chi connectivity index (χ1v) is 8.64. The maximum Gasteiger partial charge on any atom is 0.271 e. The van der Waals surface area contributed by atoms with E-state index in [9.17, 15) is 4.79 Å². The molecular formula is C20H19ClN2O3. The Balaban J connectivity index is 1.86. The number of carbonyl (C=O) groups is 1. The fraction of sp³-hybridized carbons (Fsp3) is 0.200. The van der Waals surface area contributed by atoms with E-state index in [1.54, 1.807) is 19.2 Å². The molecule has 0 aliphatic rings. The molecule has 134 valence electrons. The third-order valence-electron chi connectivity index (χ3n) is 3.97. The molecule has 0 unspecified atom stereocenters. The van der Waals surface area contributed by atoms with Crippen LogP contribution in [-0.4, -0.2) is 24.6 Å². The Bertz CT molecular complexity index is 943. The number of fused-ring (bicyclic) bond motifs is 1. The van der Waals surface area contributed by atoms with Gasteiger partial charge in [-0.2, -0.15) is 0 Å². The highest BCUT2D eigenvalue weighted by Crippen LogP contribution is 2.28. The zero-order valence-electron chi connectivity index (χ0n) is 14.6. The van der Waals surface area contributed by atoms with E-state index in [-0.39, 0.29) is 16.6 Å². The topological polar surface area (TPSA) is 60.5 Å². The molecule has 1 heterocycles. The number of methoxy groups -OCH3 is 1. The second-order valence-corrected chi connectivity index (χ2v) is 5.97. The van der Waals surface area contributed by atoms with Crippen LogP contribution in [-0.2, 0) is 6.54 Å². The fourth-order valence-corrected chi connectivity index (χ4v) is 2.94. The standard InChI is InChI=1S/C20H19ClN2O3/c1-3-26-18-11-9-16(21)19(23-18)20(24)22-12-15-14-7-5-4-6-13(14)8-10-17(15)25-2/h4-11H,3,12H2,1-2H3,(H,22,24). The summed E-state index contributed by atoms with van der Waals surface area (Å²) in [6, 6.07) is 15.1. The molecule has 1 amide bonds. The van der Waals surface area contributed by atoms with Gasteiger partial charge in [0.05, 0.1) is 18.7 Å². The lowest BCUT2D eigenvalue weighted by Crippen LogP contribution is -2.24. The van der Waals surface area contributed by atoms with Crippen LogP contribution in [0.5, 0.6) is 11.6 Å². The minimum absolute atomic E-state index is 0.136. The van der Waals surface area contributed by atoms with Crippen LogP contribution in [0.3, 0.4) is 0 Å². The SMILES string of the molecule is CCOc1ccc(Cl)c(C(=O)NCc2c(OC)ccc3ccccc23)n1. The summed E-state index contributed by atoms with van der Waals surface area (Å²) in [6.07, 6.45) is 0. The molecule has 0 atom stereocenters. The molecule has 0 saturated heterocycles. The first-order valence-electron chi connectivity index (χ1n) is 8.26. The highest BCUT2D eigenvalue weighted by atomic mass is 35.5. The molecule has 6 heteroatoms. The summed E-state index contributed by atoms with van der Waals surface area (Å²) in [4.78, 5) is 16.8. The molecule has 3 aromatic rings. The van der Waals surface area contributed by atoms with Crippen molar-refractivity contribution in [1.29, 1.82) is 0 Å². The quantitative estimate of drug-likeness (QED) is 0.705. The molecule has 0 aliphatic carbocycles. The van der Waals surface area contributed by atoms with Gasteiger partial charge in [0.15, 0.2) is 5.69 Å². The van der Waals surface area contributed by atoms with Gasteiger partial charge in [0.1, 0.15) is 5.75 Å². The van der Waals surface area contributed by atoms with Gasteiger partial charge >= 0.3 is 0 Å². The van der Waals surface area contributed by atoms with E-state index >= 15 is 0 Å². The van der Waals surface area contributed by atoms with Crippen molar-refractivity contribution in [3.63, 3.8) is 0 Å². The molecule has 0 fully saturated rings. The van der Waals surface area contributed by atoms with E-state index in [2.05, 4.69) is 10.3 Å². The van der Waals surface area contributed by atoms with Crippen LogP contribution in [0.2, 0.25) is 5.02 Å². The normalized spacial score (nSPS) is 10.6. The van der Waals surface area contributed by atoms with E-state index in [0.717, 1.165) is 16.3 Å². The summed E-state index contributed by atoms with van der Waals surface area (Å²) in [5, 5.41) is 5.24. The number of rotatable bonds is 6. The van der Waals surface area contributed by atoms with Gasteiger partial charge in [-0.15, -0.1) is 0 Å². The number of ether oxygens (including phenoxy) is 2. The van der Waals surface area contributed by atoms with Crippen LogP contribution in [0.25, 0.3) is 10.8 Å². The number of amides is 1. The van der Waals surface area contributed by atoms with Gasteiger partial charge in [-0.05, 0) is 29.8 Å². The molecule has 0 spiro atoms. The summed E-state index contributed by atoms with van der Waals surface area (Å²) in [5.41, 5.74) is 1.04.